The highest BCUT2D eigenvalue weighted by atomic mass is 35.5. The Hall–Kier alpha value is -0.690. The second-order valence-electron chi connectivity index (χ2n) is 4.30. The minimum atomic E-state index is -3.57. The maximum atomic E-state index is 12.9. The molecule has 0 spiro atoms. The number of aliphatic hydroxyl groups is 1. The van der Waals surface area contributed by atoms with Crippen LogP contribution in [0, 0.1) is 5.82 Å². The molecule has 0 aliphatic heterocycles. The normalized spacial score (nSPS) is 13.5. The first-order valence-corrected chi connectivity index (χ1v) is 7.96. The van der Waals surface area contributed by atoms with E-state index in [1.807, 2.05) is 6.92 Å². The van der Waals surface area contributed by atoms with Crippen LogP contribution in [0.1, 0.15) is 25.3 Å². The van der Waals surface area contributed by atoms with Crippen molar-refractivity contribution in [1.82, 2.24) is 4.72 Å². The van der Waals surface area contributed by atoms with E-state index in [1.165, 1.54) is 12.1 Å². The molecule has 4 nitrogen and oxygen atoms in total. The van der Waals surface area contributed by atoms with Crippen LogP contribution in [0.25, 0.3) is 0 Å². The van der Waals surface area contributed by atoms with Gasteiger partial charge in [-0.05, 0) is 24.1 Å². The quantitative estimate of drug-likeness (QED) is 0.810. The molecule has 1 aromatic rings. The molecule has 108 valence electrons. The number of aliphatic hydroxyl groups excluding tert-OH is 1. The summed E-state index contributed by atoms with van der Waals surface area (Å²) in [4.78, 5) is 0. The second-order valence-corrected chi connectivity index (χ2v) is 6.51. The summed E-state index contributed by atoms with van der Waals surface area (Å²) in [5.74, 6) is -0.889. The van der Waals surface area contributed by atoms with Gasteiger partial charge in [-0.1, -0.05) is 31.0 Å². The molecule has 2 N–H and O–H groups in total. The Morgan fingerprint density at radius 1 is 1.47 bits per heavy atom. The molecule has 0 saturated heterocycles. The summed E-state index contributed by atoms with van der Waals surface area (Å²) >= 11 is 5.58. The number of rotatable bonds is 7. The molecule has 7 heteroatoms. The van der Waals surface area contributed by atoms with Crippen LogP contribution < -0.4 is 4.72 Å². The summed E-state index contributed by atoms with van der Waals surface area (Å²) in [6, 6.07) is 3.76. The first kappa shape index (κ1) is 16.4. The Balaban J connectivity index is 2.61. The summed E-state index contributed by atoms with van der Waals surface area (Å²) in [5.41, 5.74) is 0.392. The Morgan fingerprint density at radius 3 is 2.74 bits per heavy atom. The highest BCUT2D eigenvalue weighted by Gasteiger charge is 2.14. The summed E-state index contributed by atoms with van der Waals surface area (Å²) in [6.07, 6.45) is 0.609. The van der Waals surface area contributed by atoms with Crippen molar-refractivity contribution < 1.29 is 17.9 Å². The van der Waals surface area contributed by atoms with Crippen LogP contribution in [0.4, 0.5) is 4.39 Å². The Labute approximate surface area is 117 Å². The third kappa shape index (κ3) is 5.86. The smallest absolute Gasteiger partial charge is 0.215 e. The summed E-state index contributed by atoms with van der Waals surface area (Å²) < 4.78 is 38.7. The third-order valence-corrected chi connectivity index (χ3v) is 4.11. The van der Waals surface area contributed by atoms with Gasteiger partial charge in [0, 0.05) is 6.54 Å². The molecular weight excluding hydrogens is 293 g/mol. The molecule has 0 radical (unpaired) electrons. The molecule has 0 aliphatic rings. The van der Waals surface area contributed by atoms with Crippen LogP contribution in [0.2, 0.25) is 5.02 Å². The number of halogens is 2. The molecule has 0 amide bonds. The zero-order chi connectivity index (χ0) is 14.5. The van der Waals surface area contributed by atoms with E-state index in [2.05, 4.69) is 4.72 Å². The molecule has 0 saturated carbocycles. The molecular formula is C12H17ClFNO3S. The van der Waals surface area contributed by atoms with Crippen molar-refractivity contribution >= 4 is 21.6 Å². The van der Waals surface area contributed by atoms with E-state index >= 15 is 0 Å². The molecule has 1 rings (SSSR count). The van der Waals surface area contributed by atoms with Gasteiger partial charge in [-0.15, -0.1) is 0 Å². The first-order chi connectivity index (χ1) is 8.84. The van der Waals surface area contributed by atoms with Crippen LogP contribution in [0.5, 0.6) is 0 Å². The van der Waals surface area contributed by atoms with Gasteiger partial charge in [0.1, 0.15) is 5.82 Å². The van der Waals surface area contributed by atoms with E-state index in [4.69, 9.17) is 11.6 Å². The van der Waals surface area contributed by atoms with Crippen molar-refractivity contribution in [2.24, 2.45) is 0 Å². The highest BCUT2D eigenvalue weighted by molar-refractivity contribution is 7.88. The molecule has 0 aliphatic carbocycles. The van der Waals surface area contributed by atoms with Crippen molar-refractivity contribution in [3.8, 4) is 0 Å². The van der Waals surface area contributed by atoms with Crippen molar-refractivity contribution in [1.29, 1.82) is 0 Å². The fraction of sp³-hybridized carbons (Fsp3) is 0.500. The Kier molecular flexibility index (Phi) is 6.19. The topological polar surface area (TPSA) is 66.4 Å². The van der Waals surface area contributed by atoms with Gasteiger partial charge >= 0.3 is 0 Å². The van der Waals surface area contributed by atoms with E-state index < -0.39 is 21.9 Å². The number of hydrogen-bond donors (Lipinski definition) is 2. The lowest BCUT2D eigenvalue weighted by Gasteiger charge is -2.11. The van der Waals surface area contributed by atoms with Gasteiger partial charge in [-0.25, -0.2) is 17.5 Å². The van der Waals surface area contributed by atoms with Gasteiger partial charge in [0.05, 0.1) is 16.9 Å². The molecule has 0 fully saturated rings. The maximum Gasteiger partial charge on any atom is 0.215 e. The van der Waals surface area contributed by atoms with Crippen LogP contribution in [0.3, 0.4) is 0 Å². The molecule has 19 heavy (non-hydrogen) atoms. The minimum absolute atomic E-state index is 0.0227. The second kappa shape index (κ2) is 7.19. The van der Waals surface area contributed by atoms with Crippen molar-refractivity contribution in [2.75, 3.05) is 6.54 Å². The predicted octanol–water partition coefficient (Wildman–Crippen LogP) is 2.06. The third-order valence-electron chi connectivity index (χ3n) is 2.50. The molecule has 1 unspecified atom stereocenters. The zero-order valence-electron chi connectivity index (χ0n) is 10.6. The van der Waals surface area contributed by atoms with Crippen molar-refractivity contribution in [3.05, 3.63) is 34.6 Å². The standard InChI is InChI=1S/C12H17ClFNO3S/c1-2-3-10(16)7-15-19(17,18)8-9-4-5-12(14)11(13)6-9/h4-6,10,15-16H,2-3,7-8H2,1H3. The van der Waals surface area contributed by atoms with E-state index in [-0.39, 0.29) is 17.3 Å². The summed E-state index contributed by atoms with van der Waals surface area (Å²) in [5, 5.41) is 9.35. The number of nitrogens with one attached hydrogen (secondary N) is 1. The van der Waals surface area contributed by atoms with Gasteiger partial charge in [0.25, 0.3) is 0 Å². The van der Waals surface area contributed by atoms with E-state index in [1.54, 1.807) is 0 Å². The van der Waals surface area contributed by atoms with Crippen LogP contribution in [-0.4, -0.2) is 26.2 Å². The average molecular weight is 310 g/mol. The number of benzene rings is 1. The minimum Gasteiger partial charge on any atom is -0.392 e. The summed E-state index contributed by atoms with van der Waals surface area (Å²) in [7, 11) is -3.57. The fourth-order valence-electron chi connectivity index (χ4n) is 1.56. The average Bonchev–Trinajstić information content (AvgIpc) is 2.32. The van der Waals surface area contributed by atoms with E-state index in [0.717, 1.165) is 12.5 Å². The number of sulfonamides is 1. The molecule has 1 atom stereocenters. The molecule has 1 aromatic carbocycles. The van der Waals surface area contributed by atoms with Crippen LogP contribution in [-0.2, 0) is 15.8 Å². The molecule has 0 heterocycles. The highest BCUT2D eigenvalue weighted by Crippen LogP contribution is 2.17. The van der Waals surface area contributed by atoms with E-state index in [0.29, 0.717) is 12.0 Å². The lowest BCUT2D eigenvalue weighted by molar-refractivity contribution is 0.167. The van der Waals surface area contributed by atoms with Crippen LogP contribution >= 0.6 is 11.6 Å². The van der Waals surface area contributed by atoms with Crippen LogP contribution in [0.15, 0.2) is 18.2 Å². The maximum absolute atomic E-state index is 12.9. The van der Waals surface area contributed by atoms with Gasteiger partial charge in [-0.3, -0.25) is 0 Å². The summed E-state index contributed by atoms with van der Waals surface area (Å²) in [6.45, 7) is 1.88. The first-order valence-electron chi connectivity index (χ1n) is 5.93. The van der Waals surface area contributed by atoms with E-state index in [9.17, 15) is 17.9 Å². The monoisotopic (exact) mass is 309 g/mol. The largest absolute Gasteiger partial charge is 0.392 e. The van der Waals surface area contributed by atoms with Gasteiger partial charge in [-0.2, -0.15) is 0 Å². The number of hydrogen-bond acceptors (Lipinski definition) is 3. The predicted molar refractivity (Wildman–Crippen MR) is 73.0 cm³/mol. The lowest BCUT2D eigenvalue weighted by Crippen LogP contribution is -2.32. The van der Waals surface area contributed by atoms with Crippen molar-refractivity contribution in [2.45, 2.75) is 31.6 Å². The SMILES string of the molecule is CCCC(O)CNS(=O)(=O)Cc1ccc(F)c(Cl)c1. The Bertz CT molecular complexity index is 522. The van der Waals surface area contributed by atoms with Gasteiger partial charge in [0.2, 0.25) is 10.0 Å². The zero-order valence-corrected chi connectivity index (χ0v) is 12.1. The molecule has 0 bridgehead atoms. The Morgan fingerprint density at radius 2 is 2.16 bits per heavy atom. The van der Waals surface area contributed by atoms with Gasteiger partial charge in [0.15, 0.2) is 0 Å². The lowest BCUT2D eigenvalue weighted by atomic mass is 10.2. The van der Waals surface area contributed by atoms with Gasteiger partial charge < -0.3 is 5.11 Å². The van der Waals surface area contributed by atoms with Crippen molar-refractivity contribution in [3.63, 3.8) is 0 Å². The molecule has 0 aromatic heterocycles. The fourth-order valence-corrected chi connectivity index (χ4v) is 2.93.